The number of hydrogen-bond donors (Lipinski definition) is 0. The average molecular weight is 957 g/mol. The lowest BCUT2D eigenvalue weighted by atomic mass is 9.85. The van der Waals surface area contributed by atoms with Crippen LogP contribution in [0.2, 0.25) is 0 Å². The highest BCUT2D eigenvalue weighted by molar-refractivity contribution is 6.33. The molecule has 0 unspecified atom stereocenters. The summed E-state index contributed by atoms with van der Waals surface area (Å²) in [7, 11) is 0. The third kappa shape index (κ3) is 5.73. The van der Waals surface area contributed by atoms with Gasteiger partial charge in [-0.3, -0.25) is 0 Å². The summed E-state index contributed by atoms with van der Waals surface area (Å²) in [5, 5.41) is 26.2. The Morgan fingerprint density at radius 1 is 0.158 bits per heavy atom. The van der Waals surface area contributed by atoms with E-state index in [1.54, 1.807) is 0 Å². The minimum atomic E-state index is 1.21. The number of fused-ring (bicyclic) bond motifs is 6. The van der Waals surface area contributed by atoms with Crippen LogP contribution in [0.25, 0.3) is 131 Å². The molecule has 15 aromatic rings. The molecule has 15 aromatic carbocycles. The highest BCUT2D eigenvalue weighted by Crippen LogP contribution is 2.49. The van der Waals surface area contributed by atoms with Gasteiger partial charge in [0.2, 0.25) is 0 Å². The zero-order valence-electron chi connectivity index (χ0n) is 41.4. The van der Waals surface area contributed by atoms with Crippen molar-refractivity contribution in [2.75, 3.05) is 0 Å². The Balaban J connectivity index is 1.02. The van der Waals surface area contributed by atoms with Crippen molar-refractivity contribution in [3.8, 4) is 66.8 Å². The second kappa shape index (κ2) is 15.8. The van der Waals surface area contributed by atoms with Gasteiger partial charge in [-0.05, 0) is 197 Å². The van der Waals surface area contributed by atoms with Crippen LogP contribution in [0.15, 0.2) is 267 Å². The van der Waals surface area contributed by atoms with Crippen LogP contribution in [0.3, 0.4) is 0 Å². The van der Waals surface area contributed by atoms with Gasteiger partial charge in [-0.25, -0.2) is 0 Å². The molecule has 17 rings (SSSR count). The van der Waals surface area contributed by atoms with Gasteiger partial charge in [0, 0.05) is 0 Å². The van der Waals surface area contributed by atoms with E-state index in [2.05, 4.69) is 267 Å². The van der Waals surface area contributed by atoms with Gasteiger partial charge in [0.05, 0.1) is 0 Å². The fourth-order valence-corrected chi connectivity index (χ4v) is 13.9. The van der Waals surface area contributed by atoms with E-state index >= 15 is 0 Å². The van der Waals surface area contributed by atoms with Crippen molar-refractivity contribution in [3.05, 3.63) is 309 Å². The summed E-state index contributed by atoms with van der Waals surface area (Å²) in [5.41, 5.74) is 14.9. The molecule has 0 aromatic heterocycles. The lowest BCUT2D eigenvalue weighted by Crippen LogP contribution is -1.93. The van der Waals surface area contributed by atoms with Gasteiger partial charge in [0.25, 0.3) is 0 Å². The van der Waals surface area contributed by atoms with Crippen LogP contribution in [-0.2, 0) is 0 Å². The van der Waals surface area contributed by atoms with E-state index < -0.39 is 0 Å². The molecule has 348 valence electrons. The zero-order chi connectivity index (χ0) is 49.6. The van der Waals surface area contributed by atoms with E-state index in [0.29, 0.717) is 0 Å². The maximum Gasteiger partial charge on any atom is -0.000740 e. The summed E-state index contributed by atoms with van der Waals surface area (Å²) in [6.45, 7) is 0. The van der Waals surface area contributed by atoms with E-state index in [1.807, 2.05) is 0 Å². The third-order valence-corrected chi connectivity index (χ3v) is 17.1. The van der Waals surface area contributed by atoms with E-state index in [9.17, 15) is 0 Å². The molecule has 0 aliphatic heterocycles. The smallest absolute Gasteiger partial charge is 0.000740 e. The Hall–Kier alpha value is -9.88. The number of hydrogen-bond acceptors (Lipinski definition) is 0. The Bertz CT molecular complexity index is 5370. The highest BCUT2D eigenvalue weighted by Gasteiger charge is 2.25. The lowest BCUT2D eigenvalue weighted by Gasteiger charge is -2.18. The minimum Gasteiger partial charge on any atom is -0.0622 e. The number of rotatable bonds is 6. The SMILES string of the molecule is c1ccc(-c2ccc3c(-c4ccccc4)c4c(c(-c5ccccc5)c3c2)=c2ccc3c5ccc6c7c(ccc(c8ccc=4c2c83)c75)=c2cc3c(-c4ccccc4)cc(-c4ccccc4)c(-c4ccccc4)c3cc2=6)cc1. The van der Waals surface area contributed by atoms with Gasteiger partial charge >= 0.3 is 0 Å². The van der Waals surface area contributed by atoms with Crippen molar-refractivity contribution >= 4 is 64.6 Å². The molecular weight excluding hydrogens is 913 g/mol. The fourth-order valence-electron chi connectivity index (χ4n) is 13.9. The summed E-state index contributed by atoms with van der Waals surface area (Å²) >= 11 is 0. The van der Waals surface area contributed by atoms with Crippen LogP contribution in [0.5, 0.6) is 0 Å². The molecule has 0 heteroatoms. The van der Waals surface area contributed by atoms with Crippen molar-refractivity contribution in [2.24, 2.45) is 0 Å². The van der Waals surface area contributed by atoms with Crippen LogP contribution < -0.4 is 0 Å². The molecule has 0 spiro atoms. The normalized spacial score (nSPS) is 12.2. The molecular formula is C76H44. The van der Waals surface area contributed by atoms with Crippen molar-refractivity contribution in [1.29, 1.82) is 0 Å². The minimum absolute atomic E-state index is 1.21. The van der Waals surface area contributed by atoms with Crippen molar-refractivity contribution in [2.45, 2.75) is 0 Å². The van der Waals surface area contributed by atoms with Crippen LogP contribution in [0.4, 0.5) is 0 Å². The van der Waals surface area contributed by atoms with Crippen molar-refractivity contribution < 1.29 is 0 Å². The maximum atomic E-state index is 2.53. The molecule has 0 saturated carbocycles. The molecule has 0 saturated heterocycles. The Morgan fingerprint density at radius 3 is 1.00 bits per heavy atom. The third-order valence-electron chi connectivity index (χ3n) is 17.1. The predicted octanol–water partition coefficient (Wildman–Crippen LogP) is 19.8. The summed E-state index contributed by atoms with van der Waals surface area (Å²) in [6, 6.07) is 100. The number of benzene rings is 15. The summed E-state index contributed by atoms with van der Waals surface area (Å²) in [4.78, 5) is 0. The molecule has 2 aliphatic carbocycles. The topological polar surface area (TPSA) is 0 Å². The molecule has 0 amide bonds. The molecule has 2 aliphatic rings. The van der Waals surface area contributed by atoms with Crippen LogP contribution >= 0.6 is 0 Å². The van der Waals surface area contributed by atoms with Gasteiger partial charge in [-0.15, -0.1) is 0 Å². The Labute approximate surface area is 437 Å². The standard InChI is InChI=1S/C76H44/c1-7-19-45(20-8-1)51-31-32-58-66(41-51)70(50-29-17-6-18-30-50)76-60-40-38-55-53-34-36-57-64-44-67-65(61(46-21-9-2-10-22-46)42-62(47-23-11-3-12-24-47)68(67)48-25-13-4-14-26-48)43-63(64)56-35-33-52(71(53)73(56)57)54-37-39-59(74(60)72(54)55)75(76)69(58)49-27-15-5-16-28-49/h1-44H. The quantitative estimate of drug-likeness (QED) is 0.115. The molecule has 0 atom stereocenters. The predicted molar refractivity (Wildman–Crippen MR) is 319 cm³/mol. The molecule has 0 N–H and O–H groups in total. The Kier molecular flexibility index (Phi) is 8.65. The second-order valence-corrected chi connectivity index (χ2v) is 20.9. The van der Waals surface area contributed by atoms with Crippen LogP contribution in [0.1, 0.15) is 0 Å². The maximum absolute atomic E-state index is 2.53. The summed E-state index contributed by atoms with van der Waals surface area (Å²) in [6.07, 6.45) is 0. The zero-order valence-corrected chi connectivity index (χ0v) is 41.4. The summed E-state index contributed by atoms with van der Waals surface area (Å²) < 4.78 is 0. The van der Waals surface area contributed by atoms with E-state index in [-0.39, 0.29) is 0 Å². The van der Waals surface area contributed by atoms with Gasteiger partial charge in [0.15, 0.2) is 0 Å². The fraction of sp³-hybridized carbons (Fsp3) is 0. The van der Waals surface area contributed by atoms with Gasteiger partial charge in [-0.2, -0.15) is 0 Å². The van der Waals surface area contributed by atoms with Crippen LogP contribution in [-0.4, -0.2) is 0 Å². The van der Waals surface area contributed by atoms with Crippen molar-refractivity contribution in [1.82, 2.24) is 0 Å². The molecule has 0 fully saturated rings. The van der Waals surface area contributed by atoms with Gasteiger partial charge in [0.1, 0.15) is 0 Å². The monoisotopic (exact) mass is 956 g/mol. The first-order valence-electron chi connectivity index (χ1n) is 26.6. The van der Waals surface area contributed by atoms with Gasteiger partial charge in [-0.1, -0.05) is 243 Å². The molecule has 0 radical (unpaired) electrons. The van der Waals surface area contributed by atoms with Gasteiger partial charge < -0.3 is 0 Å². The van der Waals surface area contributed by atoms with E-state index in [1.165, 1.54) is 173 Å². The average Bonchev–Trinajstić information content (AvgIpc) is 4.22. The second-order valence-electron chi connectivity index (χ2n) is 20.9. The molecule has 0 heterocycles. The highest BCUT2D eigenvalue weighted by atomic mass is 14.3. The largest absolute Gasteiger partial charge is 0.0622 e. The lowest BCUT2D eigenvalue weighted by molar-refractivity contribution is 1.49. The van der Waals surface area contributed by atoms with E-state index in [0.717, 1.165) is 0 Å². The summed E-state index contributed by atoms with van der Waals surface area (Å²) in [5.74, 6) is 0. The molecule has 0 nitrogen and oxygen atoms in total. The first-order chi connectivity index (χ1) is 37.7. The molecule has 76 heavy (non-hydrogen) atoms. The Morgan fingerprint density at radius 2 is 0.513 bits per heavy atom. The molecule has 0 bridgehead atoms. The first kappa shape index (κ1) is 41.6. The first-order valence-corrected chi connectivity index (χ1v) is 26.6. The van der Waals surface area contributed by atoms with Crippen LogP contribution in [0, 0.1) is 41.7 Å². The van der Waals surface area contributed by atoms with E-state index in [4.69, 9.17) is 0 Å². The van der Waals surface area contributed by atoms with Crippen molar-refractivity contribution in [3.63, 3.8) is 0 Å².